The predicted octanol–water partition coefficient (Wildman–Crippen LogP) is 2.40. The highest BCUT2D eigenvalue weighted by molar-refractivity contribution is 5.29. The van der Waals surface area contributed by atoms with Crippen LogP contribution in [0.5, 0.6) is 5.75 Å². The van der Waals surface area contributed by atoms with E-state index in [2.05, 4.69) is 0 Å². The van der Waals surface area contributed by atoms with Gasteiger partial charge in [-0.05, 0) is 30.2 Å². The summed E-state index contributed by atoms with van der Waals surface area (Å²) in [5, 5.41) is 0. The molecule has 0 N–H and O–H groups in total. The van der Waals surface area contributed by atoms with Crippen LogP contribution in [0.1, 0.15) is 12.5 Å². The Morgan fingerprint density at radius 2 is 2.18 bits per heavy atom. The molecule has 1 nitrogen and oxygen atoms in total. The zero-order valence-corrected chi connectivity index (χ0v) is 6.73. The molecule has 60 valence electrons. The SMILES string of the molecule is CCc1cc(OC)ccc1F. The molecule has 0 radical (unpaired) electrons. The number of methoxy groups -OCH3 is 1. The number of rotatable bonds is 2. The lowest BCUT2D eigenvalue weighted by Gasteiger charge is -2.02. The van der Waals surface area contributed by atoms with Gasteiger partial charge in [-0.1, -0.05) is 6.92 Å². The van der Waals surface area contributed by atoms with Crippen LogP contribution in [0.4, 0.5) is 4.39 Å². The second kappa shape index (κ2) is 3.37. The van der Waals surface area contributed by atoms with Gasteiger partial charge < -0.3 is 4.74 Å². The van der Waals surface area contributed by atoms with Crippen molar-refractivity contribution in [1.82, 2.24) is 0 Å². The summed E-state index contributed by atoms with van der Waals surface area (Å²) in [6.07, 6.45) is 0.697. The van der Waals surface area contributed by atoms with Crippen molar-refractivity contribution in [2.45, 2.75) is 13.3 Å². The molecule has 1 rings (SSSR count). The number of benzene rings is 1. The Hall–Kier alpha value is -1.05. The van der Waals surface area contributed by atoms with E-state index in [1.165, 1.54) is 6.07 Å². The van der Waals surface area contributed by atoms with E-state index in [4.69, 9.17) is 4.74 Å². The van der Waals surface area contributed by atoms with Crippen molar-refractivity contribution in [3.63, 3.8) is 0 Å². The molecule has 0 amide bonds. The van der Waals surface area contributed by atoms with E-state index in [0.717, 1.165) is 0 Å². The average molecular weight is 154 g/mol. The topological polar surface area (TPSA) is 9.23 Å². The van der Waals surface area contributed by atoms with Crippen LogP contribution in [0.25, 0.3) is 0 Å². The van der Waals surface area contributed by atoms with Crippen molar-refractivity contribution in [3.05, 3.63) is 29.6 Å². The van der Waals surface area contributed by atoms with E-state index in [0.29, 0.717) is 17.7 Å². The summed E-state index contributed by atoms with van der Waals surface area (Å²) in [7, 11) is 1.58. The van der Waals surface area contributed by atoms with Crippen molar-refractivity contribution in [1.29, 1.82) is 0 Å². The first-order chi connectivity index (χ1) is 5.27. The van der Waals surface area contributed by atoms with E-state index >= 15 is 0 Å². The molecule has 1 aromatic rings. The first kappa shape index (κ1) is 8.05. The maximum Gasteiger partial charge on any atom is 0.126 e. The van der Waals surface area contributed by atoms with E-state index in [9.17, 15) is 4.39 Å². The number of halogens is 1. The largest absolute Gasteiger partial charge is 0.497 e. The molecule has 0 aliphatic rings. The number of hydrogen-bond acceptors (Lipinski definition) is 1. The van der Waals surface area contributed by atoms with Crippen molar-refractivity contribution < 1.29 is 9.13 Å². The molecular formula is C9H11FO. The van der Waals surface area contributed by atoms with Gasteiger partial charge in [0.2, 0.25) is 0 Å². The van der Waals surface area contributed by atoms with Crippen molar-refractivity contribution in [2.24, 2.45) is 0 Å². The molecule has 0 atom stereocenters. The molecule has 0 heterocycles. The molecule has 2 heteroatoms. The summed E-state index contributed by atoms with van der Waals surface area (Å²) in [5.74, 6) is 0.552. The highest BCUT2D eigenvalue weighted by atomic mass is 19.1. The molecule has 0 fully saturated rings. The van der Waals surface area contributed by atoms with Crippen LogP contribution in [0.15, 0.2) is 18.2 Å². The predicted molar refractivity (Wildman–Crippen MR) is 42.3 cm³/mol. The number of hydrogen-bond donors (Lipinski definition) is 0. The van der Waals surface area contributed by atoms with Gasteiger partial charge in [0, 0.05) is 0 Å². The Bertz CT molecular complexity index is 245. The van der Waals surface area contributed by atoms with Crippen LogP contribution in [-0.4, -0.2) is 7.11 Å². The third-order valence-corrected chi connectivity index (χ3v) is 1.63. The number of ether oxygens (including phenoxy) is 1. The molecule has 0 aliphatic heterocycles. The molecule has 0 unspecified atom stereocenters. The normalized spacial score (nSPS) is 9.73. The first-order valence-electron chi connectivity index (χ1n) is 3.60. The van der Waals surface area contributed by atoms with E-state index in [1.54, 1.807) is 19.2 Å². The van der Waals surface area contributed by atoms with Gasteiger partial charge in [-0.3, -0.25) is 0 Å². The van der Waals surface area contributed by atoms with Gasteiger partial charge in [-0.15, -0.1) is 0 Å². The first-order valence-corrected chi connectivity index (χ1v) is 3.60. The van der Waals surface area contributed by atoms with Gasteiger partial charge in [0.25, 0.3) is 0 Å². The Balaban J connectivity index is 3.02. The number of aryl methyl sites for hydroxylation is 1. The Morgan fingerprint density at radius 1 is 1.45 bits per heavy atom. The maximum absolute atomic E-state index is 12.9. The van der Waals surface area contributed by atoms with Crippen LogP contribution in [-0.2, 0) is 6.42 Å². The second-order valence-corrected chi connectivity index (χ2v) is 2.31. The summed E-state index contributed by atoms with van der Waals surface area (Å²) >= 11 is 0. The van der Waals surface area contributed by atoms with E-state index < -0.39 is 0 Å². The average Bonchev–Trinajstić information content (AvgIpc) is 2.05. The van der Waals surface area contributed by atoms with Gasteiger partial charge in [-0.2, -0.15) is 0 Å². The highest BCUT2D eigenvalue weighted by Crippen LogP contribution is 2.16. The summed E-state index contributed by atoms with van der Waals surface area (Å²) in [4.78, 5) is 0. The van der Waals surface area contributed by atoms with E-state index in [1.807, 2.05) is 6.92 Å². The van der Waals surface area contributed by atoms with Gasteiger partial charge in [-0.25, -0.2) is 4.39 Å². The Kier molecular flexibility index (Phi) is 2.47. The van der Waals surface area contributed by atoms with Crippen LogP contribution in [0, 0.1) is 5.82 Å². The minimum absolute atomic E-state index is 0.159. The lowest BCUT2D eigenvalue weighted by atomic mass is 10.1. The zero-order chi connectivity index (χ0) is 8.27. The lowest BCUT2D eigenvalue weighted by molar-refractivity contribution is 0.413. The van der Waals surface area contributed by atoms with Crippen LogP contribution in [0.3, 0.4) is 0 Å². The maximum atomic E-state index is 12.9. The van der Waals surface area contributed by atoms with E-state index in [-0.39, 0.29) is 5.82 Å². The minimum atomic E-state index is -0.159. The van der Waals surface area contributed by atoms with Crippen molar-refractivity contribution in [2.75, 3.05) is 7.11 Å². The molecule has 1 aromatic carbocycles. The fourth-order valence-electron chi connectivity index (χ4n) is 0.949. The summed E-state index contributed by atoms with van der Waals surface area (Å²) < 4.78 is 17.8. The molecule has 0 saturated heterocycles. The molecule has 0 saturated carbocycles. The smallest absolute Gasteiger partial charge is 0.126 e. The fraction of sp³-hybridized carbons (Fsp3) is 0.333. The van der Waals surface area contributed by atoms with Crippen LogP contribution < -0.4 is 4.74 Å². The second-order valence-electron chi connectivity index (χ2n) is 2.31. The third-order valence-electron chi connectivity index (χ3n) is 1.63. The quantitative estimate of drug-likeness (QED) is 0.635. The van der Waals surface area contributed by atoms with Gasteiger partial charge in [0.05, 0.1) is 7.11 Å². The van der Waals surface area contributed by atoms with Gasteiger partial charge >= 0.3 is 0 Å². The standard InChI is InChI=1S/C9H11FO/c1-3-7-6-8(11-2)4-5-9(7)10/h4-6H,3H2,1-2H3. The molecule has 0 aliphatic carbocycles. The third kappa shape index (κ3) is 1.70. The molecular weight excluding hydrogens is 143 g/mol. The van der Waals surface area contributed by atoms with Crippen LogP contribution in [0.2, 0.25) is 0 Å². The summed E-state index contributed by atoms with van der Waals surface area (Å²) in [6.45, 7) is 1.91. The Morgan fingerprint density at radius 3 is 2.73 bits per heavy atom. The Labute approximate surface area is 65.8 Å². The lowest BCUT2D eigenvalue weighted by Crippen LogP contribution is -1.89. The van der Waals surface area contributed by atoms with Crippen molar-refractivity contribution >= 4 is 0 Å². The zero-order valence-electron chi connectivity index (χ0n) is 6.73. The van der Waals surface area contributed by atoms with Crippen molar-refractivity contribution in [3.8, 4) is 5.75 Å². The van der Waals surface area contributed by atoms with Gasteiger partial charge in [0.15, 0.2) is 0 Å². The monoisotopic (exact) mass is 154 g/mol. The van der Waals surface area contributed by atoms with Gasteiger partial charge in [0.1, 0.15) is 11.6 Å². The fourth-order valence-corrected chi connectivity index (χ4v) is 0.949. The molecule has 0 bridgehead atoms. The minimum Gasteiger partial charge on any atom is -0.497 e. The summed E-state index contributed by atoms with van der Waals surface area (Å²) in [6, 6.07) is 4.77. The van der Waals surface area contributed by atoms with Crippen LogP contribution >= 0.6 is 0 Å². The molecule has 11 heavy (non-hydrogen) atoms. The molecule has 0 spiro atoms. The highest BCUT2D eigenvalue weighted by Gasteiger charge is 2.00. The summed E-state index contributed by atoms with van der Waals surface area (Å²) in [5.41, 5.74) is 0.698. The molecule has 0 aromatic heterocycles.